The van der Waals surface area contributed by atoms with Gasteiger partial charge in [-0.25, -0.2) is 0 Å². The predicted molar refractivity (Wildman–Crippen MR) is 44.8 cm³/mol. The van der Waals surface area contributed by atoms with Crippen LogP contribution in [0.25, 0.3) is 0 Å². The normalized spacial score (nSPS) is 10.2. The Hall–Kier alpha value is -1.45. The Morgan fingerprint density at radius 3 is 2.23 bits per heavy atom. The largest absolute Gasteiger partial charge is 0.435 e. The molecule has 0 saturated heterocycles. The quantitative estimate of drug-likeness (QED) is 0.698. The summed E-state index contributed by atoms with van der Waals surface area (Å²) in [6.45, 7) is -1.04. The number of alkyl halides is 2. The van der Waals surface area contributed by atoms with Crippen LogP contribution in [-0.2, 0) is 0 Å². The Kier molecular flexibility index (Phi) is 2.95. The minimum absolute atomic E-state index is 0.139. The third-order valence-corrected chi connectivity index (χ3v) is 1.53. The molecular formula is C9H10F2NO+. The van der Waals surface area contributed by atoms with Gasteiger partial charge in [-0.1, -0.05) is 0 Å². The third kappa shape index (κ3) is 2.82. The molecule has 0 aliphatic carbocycles. The number of hydrogen-bond acceptors (Lipinski definition) is 1. The van der Waals surface area contributed by atoms with Crippen LogP contribution >= 0.6 is 0 Å². The van der Waals surface area contributed by atoms with Crippen molar-refractivity contribution in [3.8, 4) is 5.75 Å². The van der Waals surface area contributed by atoms with Crippen LogP contribution in [-0.4, -0.2) is 12.3 Å². The molecule has 0 saturated carbocycles. The minimum Gasteiger partial charge on any atom is -0.435 e. The Bertz CT molecular complexity index is 295. The first-order chi connectivity index (χ1) is 6.09. The van der Waals surface area contributed by atoms with Crippen molar-refractivity contribution in [1.29, 1.82) is 0 Å². The molecule has 70 valence electrons. The molecular weight excluding hydrogens is 176 g/mol. The van der Waals surface area contributed by atoms with Gasteiger partial charge in [0.1, 0.15) is 5.75 Å². The maximum atomic E-state index is 11.7. The molecule has 2 nitrogen and oxygen atoms in total. The van der Waals surface area contributed by atoms with E-state index in [1.165, 1.54) is 12.1 Å². The molecule has 1 aromatic carbocycles. The molecule has 2 N–H and O–H groups in total. The molecule has 0 fully saturated rings. The van der Waals surface area contributed by atoms with Crippen molar-refractivity contribution in [3.05, 3.63) is 29.8 Å². The van der Waals surface area contributed by atoms with Gasteiger partial charge in [0.2, 0.25) is 0 Å². The van der Waals surface area contributed by atoms with E-state index >= 15 is 0 Å². The maximum Gasteiger partial charge on any atom is 0.387 e. The van der Waals surface area contributed by atoms with E-state index in [0.29, 0.717) is 5.71 Å². The van der Waals surface area contributed by atoms with Crippen molar-refractivity contribution < 1.29 is 18.9 Å². The number of ether oxygens (including phenoxy) is 1. The van der Waals surface area contributed by atoms with Gasteiger partial charge in [0.25, 0.3) is 0 Å². The van der Waals surface area contributed by atoms with E-state index in [1.807, 2.05) is 0 Å². The molecule has 0 aliphatic rings. The van der Waals surface area contributed by atoms with Crippen LogP contribution in [0.2, 0.25) is 0 Å². The lowest BCUT2D eigenvalue weighted by atomic mass is 10.1. The number of hydrogen-bond donors (Lipinski definition) is 1. The third-order valence-electron chi connectivity index (χ3n) is 1.53. The van der Waals surface area contributed by atoms with Crippen LogP contribution in [0.5, 0.6) is 5.75 Å². The van der Waals surface area contributed by atoms with Gasteiger partial charge in [-0.3, -0.25) is 5.41 Å². The molecule has 0 heterocycles. The molecule has 0 radical (unpaired) electrons. The van der Waals surface area contributed by atoms with E-state index < -0.39 is 6.61 Å². The number of nitrogens with two attached hydrogens (primary N) is 1. The highest BCUT2D eigenvalue weighted by molar-refractivity contribution is 5.93. The number of benzene rings is 1. The molecule has 4 heteroatoms. The fourth-order valence-corrected chi connectivity index (χ4v) is 0.899. The lowest BCUT2D eigenvalue weighted by molar-refractivity contribution is -0.113. The van der Waals surface area contributed by atoms with E-state index in [1.54, 1.807) is 19.1 Å². The Labute approximate surface area is 74.7 Å². The number of rotatable bonds is 3. The summed E-state index contributed by atoms with van der Waals surface area (Å²) in [6.07, 6.45) is 0. The smallest absolute Gasteiger partial charge is 0.387 e. The van der Waals surface area contributed by atoms with Gasteiger partial charge in [0.05, 0.1) is 0 Å². The minimum atomic E-state index is -2.78. The highest BCUT2D eigenvalue weighted by Crippen LogP contribution is 2.14. The fraction of sp³-hybridized carbons (Fsp3) is 0.222. The molecule has 0 atom stereocenters. The zero-order chi connectivity index (χ0) is 9.84. The zero-order valence-corrected chi connectivity index (χ0v) is 7.13. The van der Waals surface area contributed by atoms with Crippen LogP contribution in [0.1, 0.15) is 12.5 Å². The van der Waals surface area contributed by atoms with Gasteiger partial charge in [-0.15, -0.1) is 0 Å². The van der Waals surface area contributed by atoms with Crippen molar-refractivity contribution in [2.24, 2.45) is 0 Å². The van der Waals surface area contributed by atoms with Gasteiger partial charge in [-0.05, 0) is 24.3 Å². The second kappa shape index (κ2) is 3.98. The Balaban J connectivity index is 2.75. The van der Waals surface area contributed by atoms with E-state index in [-0.39, 0.29) is 5.75 Å². The summed E-state index contributed by atoms with van der Waals surface area (Å²) in [4.78, 5) is 0. The Morgan fingerprint density at radius 2 is 1.85 bits per heavy atom. The van der Waals surface area contributed by atoms with Crippen LogP contribution in [0.15, 0.2) is 24.3 Å². The molecule has 13 heavy (non-hydrogen) atoms. The second-order valence-corrected chi connectivity index (χ2v) is 2.59. The van der Waals surface area contributed by atoms with E-state index in [9.17, 15) is 8.78 Å². The first kappa shape index (κ1) is 9.64. The summed E-state index contributed by atoms with van der Waals surface area (Å²) >= 11 is 0. The zero-order valence-electron chi connectivity index (χ0n) is 7.13. The summed E-state index contributed by atoms with van der Waals surface area (Å²) in [6, 6.07) is 6.18. The first-order valence-corrected chi connectivity index (χ1v) is 3.74. The SMILES string of the molecule is CC(=[NH2+])c1ccc(OC(F)F)cc1. The first-order valence-electron chi connectivity index (χ1n) is 3.74. The molecule has 0 bridgehead atoms. The lowest BCUT2D eigenvalue weighted by Gasteiger charge is -2.03. The summed E-state index contributed by atoms with van der Waals surface area (Å²) in [7, 11) is 0. The Morgan fingerprint density at radius 1 is 1.31 bits per heavy atom. The molecule has 0 amide bonds. The van der Waals surface area contributed by atoms with Gasteiger partial charge in [-0.2, -0.15) is 8.78 Å². The van der Waals surface area contributed by atoms with E-state index in [4.69, 9.17) is 5.41 Å². The van der Waals surface area contributed by atoms with Crippen molar-refractivity contribution in [2.75, 3.05) is 0 Å². The molecule has 1 rings (SSSR count). The molecule has 0 spiro atoms. The van der Waals surface area contributed by atoms with E-state index in [0.717, 1.165) is 5.56 Å². The average Bonchev–Trinajstić information content (AvgIpc) is 2.04. The van der Waals surface area contributed by atoms with Crippen LogP contribution in [0.4, 0.5) is 8.78 Å². The predicted octanol–water partition coefficient (Wildman–Crippen LogP) is 0.856. The highest BCUT2D eigenvalue weighted by atomic mass is 19.3. The molecule has 0 aromatic heterocycles. The molecule has 0 aliphatic heterocycles. The fourth-order valence-electron chi connectivity index (χ4n) is 0.899. The summed E-state index contributed by atoms with van der Waals surface area (Å²) in [5.41, 5.74) is 1.45. The van der Waals surface area contributed by atoms with Gasteiger partial charge >= 0.3 is 6.61 Å². The van der Waals surface area contributed by atoms with Gasteiger partial charge in [0, 0.05) is 12.5 Å². The summed E-state index contributed by atoms with van der Waals surface area (Å²) in [5.74, 6) is 0.139. The van der Waals surface area contributed by atoms with Crippen molar-refractivity contribution in [1.82, 2.24) is 0 Å². The molecule has 1 aromatic rings. The summed E-state index contributed by atoms with van der Waals surface area (Å²) < 4.78 is 27.6. The van der Waals surface area contributed by atoms with Crippen LogP contribution < -0.4 is 10.1 Å². The van der Waals surface area contributed by atoms with Crippen LogP contribution in [0, 0.1) is 0 Å². The summed E-state index contributed by atoms with van der Waals surface area (Å²) in [5, 5.41) is 5.49. The van der Waals surface area contributed by atoms with Gasteiger partial charge < -0.3 is 4.74 Å². The molecule has 0 unspecified atom stereocenters. The highest BCUT2D eigenvalue weighted by Gasteiger charge is 2.04. The van der Waals surface area contributed by atoms with Gasteiger partial charge in [0.15, 0.2) is 5.71 Å². The average molecular weight is 186 g/mol. The second-order valence-electron chi connectivity index (χ2n) is 2.59. The van der Waals surface area contributed by atoms with Crippen molar-refractivity contribution in [2.45, 2.75) is 13.5 Å². The van der Waals surface area contributed by atoms with Crippen molar-refractivity contribution >= 4 is 5.71 Å². The monoisotopic (exact) mass is 186 g/mol. The lowest BCUT2D eigenvalue weighted by Crippen LogP contribution is -2.37. The number of halogens is 2. The standard InChI is InChI=1S/C9H9F2NO/c1-6(12)7-2-4-8(5-3-7)13-9(10)11/h2-5,9,12H,1H3/p+1. The van der Waals surface area contributed by atoms with Crippen molar-refractivity contribution in [3.63, 3.8) is 0 Å². The van der Waals surface area contributed by atoms with E-state index in [2.05, 4.69) is 4.74 Å². The topological polar surface area (TPSA) is 34.8 Å². The van der Waals surface area contributed by atoms with Crippen LogP contribution in [0.3, 0.4) is 0 Å². The maximum absolute atomic E-state index is 11.7.